The van der Waals surface area contributed by atoms with E-state index in [1.807, 2.05) is 18.2 Å². The standard InChI is InChI=1S/C26H27FN2O2/c27-24-9-3-4-10-25(24)31-19-26(30)28-17-22-7-1-2-8-23(22)21-13-11-20(12-14-21)18-29-15-5-6-16-29/h1-4,7-14H,5-6,15-19H2,(H,28,30). The number of carbonyl (C=O) groups excluding carboxylic acids is 1. The lowest BCUT2D eigenvalue weighted by molar-refractivity contribution is -0.123. The quantitative estimate of drug-likeness (QED) is 0.572. The van der Waals surface area contributed by atoms with Crippen LogP contribution in [0.25, 0.3) is 11.1 Å². The highest BCUT2D eigenvalue weighted by Crippen LogP contribution is 2.25. The van der Waals surface area contributed by atoms with Gasteiger partial charge in [-0.3, -0.25) is 9.69 Å². The van der Waals surface area contributed by atoms with Gasteiger partial charge in [-0.1, -0.05) is 60.7 Å². The Bertz CT molecular complexity index is 1010. The predicted molar refractivity (Wildman–Crippen MR) is 120 cm³/mol. The molecule has 0 bridgehead atoms. The molecular formula is C26H27FN2O2. The number of rotatable bonds is 8. The predicted octanol–water partition coefficient (Wildman–Crippen LogP) is 4.78. The molecule has 4 nitrogen and oxygen atoms in total. The molecule has 0 saturated carbocycles. The second kappa shape index (κ2) is 10.2. The number of likely N-dealkylation sites (tertiary alicyclic amines) is 1. The molecule has 1 fully saturated rings. The van der Waals surface area contributed by atoms with Crippen LogP contribution in [0.1, 0.15) is 24.0 Å². The maximum absolute atomic E-state index is 13.6. The van der Waals surface area contributed by atoms with Gasteiger partial charge in [0, 0.05) is 13.1 Å². The molecule has 1 saturated heterocycles. The highest BCUT2D eigenvalue weighted by Gasteiger charge is 2.12. The summed E-state index contributed by atoms with van der Waals surface area (Å²) in [5.74, 6) is -0.695. The summed E-state index contributed by atoms with van der Waals surface area (Å²) in [6.07, 6.45) is 2.59. The maximum atomic E-state index is 13.6. The third kappa shape index (κ3) is 5.70. The van der Waals surface area contributed by atoms with Gasteiger partial charge in [-0.05, 0) is 60.3 Å². The number of nitrogens with zero attached hydrogens (tertiary/aromatic N) is 1. The molecule has 4 rings (SSSR count). The van der Waals surface area contributed by atoms with Crippen LogP contribution in [0.3, 0.4) is 0 Å². The molecule has 31 heavy (non-hydrogen) atoms. The van der Waals surface area contributed by atoms with Crippen LogP contribution in [0.4, 0.5) is 4.39 Å². The zero-order valence-electron chi connectivity index (χ0n) is 17.5. The van der Waals surface area contributed by atoms with Crippen molar-refractivity contribution in [2.24, 2.45) is 0 Å². The van der Waals surface area contributed by atoms with E-state index in [1.165, 1.54) is 43.6 Å². The molecule has 0 spiro atoms. The molecule has 3 aromatic carbocycles. The number of para-hydroxylation sites is 1. The van der Waals surface area contributed by atoms with Gasteiger partial charge >= 0.3 is 0 Å². The minimum absolute atomic E-state index is 0.0760. The van der Waals surface area contributed by atoms with Gasteiger partial charge < -0.3 is 10.1 Å². The number of amides is 1. The van der Waals surface area contributed by atoms with Gasteiger partial charge in [0.2, 0.25) is 0 Å². The molecule has 1 heterocycles. The summed E-state index contributed by atoms with van der Waals surface area (Å²) in [4.78, 5) is 14.7. The minimum atomic E-state index is -0.478. The number of halogens is 1. The lowest BCUT2D eigenvalue weighted by Gasteiger charge is -2.15. The van der Waals surface area contributed by atoms with Crippen molar-refractivity contribution in [3.8, 4) is 16.9 Å². The maximum Gasteiger partial charge on any atom is 0.258 e. The zero-order valence-corrected chi connectivity index (χ0v) is 17.5. The lowest BCUT2D eigenvalue weighted by atomic mass is 9.98. The first-order valence-electron chi connectivity index (χ1n) is 10.7. The summed E-state index contributed by atoms with van der Waals surface area (Å²) in [7, 11) is 0. The Morgan fingerprint density at radius 1 is 0.935 bits per heavy atom. The molecule has 0 atom stereocenters. The van der Waals surface area contributed by atoms with E-state index in [1.54, 1.807) is 12.1 Å². The van der Waals surface area contributed by atoms with E-state index < -0.39 is 5.82 Å². The van der Waals surface area contributed by atoms with E-state index in [4.69, 9.17) is 4.74 Å². The van der Waals surface area contributed by atoms with E-state index in [0.29, 0.717) is 6.54 Å². The lowest BCUT2D eigenvalue weighted by Crippen LogP contribution is -2.28. The number of nitrogens with one attached hydrogen (secondary N) is 1. The molecule has 1 aliphatic rings. The van der Waals surface area contributed by atoms with Crippen molar-refractivity contribution in [3.63, 3.8) is 0 Å². The van der Waals surface area contributed by atoms with Crippen molar-refractivity contribution in [1.82, 2.24) is 10.2 Å². The molecular weight excluding hydrogens is 391 g/mol. The third-order valence-corrected chi connectivity index (χ3v) is 5.56. The van der Waals surface area contributed by atoms with Crippen LogP contribution in [-0.2, 0) is 17.9 Å². The van der Waals surface area contributed by atoms with Crippen LogP contribution in [0.5, 0.6) is 5.75 Å². The average molecular weight is 419 g/mol. The zero-order chi connectivity index (χ0) is 21.5. The second-order valence-electron chi connectivity index (χ2n) is 7.83. The van der Waals surface area contributed by atoms with Crippen molar-refractivity contribution in [2.75, 3.05) is 19.7 Å². The van der Waals surface area contributed by atoms with E-state index >= 15 is 0 Å². The largest absolute Gasteiger partial charge is 0.481 e. The van der Waals surface area contributed by atoms with Gasteiger partial charge in [0.25, 0.3) is 5.91 Å². The minimum Gasteiger partial charge on any atom is -0.481 e. The van der Waals surface area contributed by atoms with Crippen molar-refractivity contribution in [3.05, 3.63) is 89.7 Å². The van der Waals surface area contributed by atoms with E-state index in [0.717, 1.165) is 23.2 Å². The number of carbonyl (C=O) groups is 1. The number of hydrogen-bond acceptors (Lipinski definition) is 3. The Balaban J connectivity index is 1.35. The van der Waals surface area contributed by atoms with E-state index in [9.17, 15) is 9.18 Å². The first-order chi connectivity index (χ1) is 15.2. The highest BCUT2D eigenvalue weighted by atomic mass is 19.1. The Labute approximate surface area is 182 Å². The van der Waals surface area contributed by atoms with Crippen LogP contribution in [0, 0.1) is 5.82 Å². The Hall–Kier alpha value is -3.18. The van der Waals surface area contributed by atoms with Gasteiger partial charge in [0.15, 0.2) is 18.2 Å². The van der Waals surface area contributed by atoms with Crippen LogP contribution in [0.2, 0.25) is 0 Å². The van der Waals surface area contributed by atoms with Crippen molar-refractivity contribution >= 4 is 5.91 Å². The van der Waals surface area contributed by atoms with E-state index in [-0.39, 0.29) is 18.3 Å². The fourth-order valence-corrected chi connectivity index (χ4v) is 3.89. The molecule has 1 N–H and O–H groups in total. The third-order valence-electron chi connectivity index (χ3n) is 5.56. The summed E-state index contributed by atoms with van der Waals surface area (Å²) in [5, 5.41) is 2.87. The van der Waals surface area contributed by atoms with Gasteiger partial charge in [-0.25, -0.2) is 4.39 Å². The van der Waals surface area contributed by atoms with Crippen LogP contribution >= 0.6 is 0 Å². The molecule has 3 aromatic rings. The summed E-state index contributed by atoms with van der Waals surface area (Å²) in [6, 6.07) is 22.8. The molecule has 0 aliphatic carbocycles. The summed E-state index contributed by atoms with van der Waals surface area (Å²) in [5.41, 5.74) is 4.55. The van der Waals surface area contributed by atoms with Crippen LogP contribution in [0.15, 0.2) is 72.8 Å². The second-order valence-corrected chi connectivity index (χ2v) is 7.83. The van der Waals surface area contributed by atoms with Crippen molar-refractivity contribution in [2.45, 2.75) is 25.9 Å². The van der Waals surface area contributed by atoms with Gasteiger partial charge in [0.1, 0.15) is 0 Å². The number of hydrogen-bond donors (Lipinski definition) is 1. The molecule has 0 radical (unpaired) electrons. The first-order valence-corrected chi connectivity index (χ1v) is 10.7. The van der Waals surface area contributed by atoms with E-state index in [2.05, 4.69) is 40.5 Å². The molecule has 160 valence electrons. The average Bonchev–Trinajstić information content (AvgIpc) is 3.31. The SMILES string of the molecule is O=C(COc1ccccc1F)NCc1ccccc1-c1ccc(CN2CCCC2)cc1. The smallest absolute Gasteiger partial charge is 0.258 e. The van der Waals surface area contributed by atoms with Gasteiger partial charge in [-0.15, -0.1) is 0 Å². The van der Waals surface area contributed by atoms with Gasteiger partial charge in [0.05, 0.1) is 0 Å². The molecule has 0 unspecified atom stereocenters. The van der Waals surface area contributed by atoms with Crippen LogP contribution < -0.4 is 10.1 Å². The van der Waals surface area contributed by atoms with Crippen LogP contribution in [-0.4, -0.2) is 30.5 Å². The topological polar surface area (TPSA) is 41.6 Å². The fourth-order valence-electron chi connectivity index (χ4n) is 3.89. The Kier molecular flexibility index (Phi) is 6.95. The van der Waals surface area contributed by atoms with Crippen molar-refractivity contribution < 1.29 is 13.9 Å². The number of ether oxygens (including phenoxy) is 1. The molecule has 5 heteroatoms. The normalized spacial score (nSPS) is 13.8. The molecule has 0 aromatic heterocycles. The van der Waals surface area contributed by atoms with Gasteiger partial charge in [-0.2, -0.15) is 0 Å². The Morgan fingerprint density at radius 3 is 2.42 bits per heavy atom. The monoisotopic (exact) mass is 418 g/mol. The first kappa shape index (κ1) is 21.1. The number of benzene rings is 3. The summed E-state index contributed by atoms with van der Waals surface area (Å²) >= 11 is 0. The Morgan fingerprint density at radius 2 is 1.65 bits per heavy atom. The summed E-state index contributed by atoms with van der Waals surface area (Å²) < 4.78 is 18.9. The van der Waals surface area contributed by atoms with Crippen molar-refractivity contribution in [1.29, 1.82) is 0 Å². The fraction of sp³-hybridized carbons (Fsp3) is 0.269. The molecule has 1 amide bonds. The summed E-state index contributed by atoms with van der Waals surface area (Å²) in [6.45, 7) is 3.52. The highest BCUT2D eigenvalue weighted by molar-refractivity contribution is 5.78. The molecule has 1 aliphatic heterocycles.